The first-order valence-electron chi connectivity index (χ1n) is 10.1. The van der Waals surface area contributed by atoms with Crippen LogP contribution < -0.4 is 0 Å². The fourth-order valence-electron chi connectivity index (χ4n) is 3.74. The van der Waals surface area contributed by atoms with Crippen LogP contribution in [0.4, 0.5) is 5.82 Å². The highest BCUT2D eigenvalue weighted by Gasteiger charge is 2.20. The van der Waals surface area contributed by atoms with Gasteiger partial charge >= 0.3 is 5.82 Å². The lowest BCUT2D eigenvalue weighted by Crippen LogP contribution is -2.12. The summed E-state index contributed by atoms with van der Waals surface area (Å²) in [6.45, 7) is 10.7. The van der Waals surface area contributed by atoms with E-state index in [1.54, 1.807) is 10.9 Å². The van der Waals surface area contributed by atoms with Crippen LogP contribution in [-0.4, -0.2) is 24.5 Å². The number of hydrogen-bond acceptors (Lipinski definition) is 4. The van der Waals surface area contributed by atoms with Gasteiger partial charge in [0.2, 0.25) is 0 Å². The topological polar surface area (TPSA) is 78.8 Å². The smallest absolute Gasteiger partial charge is 0.358 e. The van der Waals surface area contributed by atoms with Gasteiger partial charge in [-0.3, -0.25) is 0 Å². The molecule has 0 saturated carbocycles. The van der Waals surface area contributed by atoms with Crippen LogP contribution in [0.3, 0.4) is 0 Å². The van der Waals surface area contributed by atoms with E-state index in [9.17, 15) is 10.1 Å². The van der Waals surface area contributed by atoms with Crippen molar-refractivity contribution in [3.8, 4) is 22.5 Å². The van der Waals surface area contributed by atoms with E-state index >= 15 is 0 Å². The Hall–Kier alpha value is -3.74. The number of aryl methyl sites for hydroxylation is 4. The fourth-order valence-corrected chi connectivity index (χ4v) is 3.74. The summed E-state index contributed by atoms with van der Waals surface area (Å²) in [5.41, 5.74) is 9.93. The molecule has 2 heterocycles. The lowest BCUT2D eigenvalue weighted by atomic mass is 9.98. The Labute approximate surface area is 181 Å². The fraction of sp³-hybridized carbons (Fsp3) is 0.250. The van der Waals surface area contributed by atoms with E-state index < -0.39 is 4.92 Å². The minimum atomic E-state index is -0.490. The second kappa shape index (κ2) is 7.83. The quantitative estimate of drug-likeness (QED) is 0.324. The molecule has 7 heteroatoms. The molecule has 0 fully saturated rings. The van der Waals surface area contributed by atoms with Crippen molar-refractivity contribution >= 4 is 5.82 Å². The summed E-state index contributed by atoms with van der Waals surface area (Å²) < 4.78 is 3.42. The highest BCUT2D eigenvalue weighted by Crippen LogP contribution is 2.33. The molecule has 0 amide bonds. The van der Waals surface area contributed by atoms with E-state index in [4.69, 9.17) is 5.10 Å². The van der Waals surface area contributed by atoms with Crippen molar-refractivity contribution in [3.05, 3.63) is 86.6 Å². The number of nitro groups is 1. The molecule has 0 spiro atoms. The van der Waals surface area contributed by atoms with Gasteiger partial charge in [0.1, 0.15) is 0 Å². The lowest BCUT2D eigenvalue weighted by Gasteiger charge is -2.09. The largest absolute Gasteiger partial charge is 0.389 e. The van der Waals surface area contributed by atoms with E-state index in [-0.39, 0.29) is 12.5 Å². The molecule has 0 bridgehead atoms. The number of hydrogen-bond donors (Lipinski definition) is 0. The Morgan fingerprint density at radius 1 is 0.839 bits per heavy atom. The third-order valence-electron chi connectivity index (χ3n) is 5.84. The molecule has 0 atom stereocenters. The van der Waals surface area contributed by atoms with Gasteiger partial charge in [-0.15, -0.1) is 0 Å². The number of benzene rings is 2. The molecule has 2 aromatic heterocycles. The molecule has 0 aliphatic heterocycles. The van der Waals surface area contributed by atoms with Crippen molar-refractivity contribution in [1.82, 2.24) is 19.6 Å². The summed E-state index contributed by atoms with van der Waals surface area (Å²) in [7, 11) is 0. The molecule has 2 aromatic carbocycles. The highest BCUT2D eigenvalue weighted by atomic mass is 16.6. The second-order valence-electron chi connectivity index (χ2n) is 8.03. The van der Waals surface area contributed by atoms with Crippen LogP contribution >= 0.6 is 0 Å². The minimum Gasteiger partial charge on any atom is -0.358 e. The molecule has 0 saturated heterocycles. The average molecular weight is 415 g/mol. The van der Waals surface area contributed by atoms with Crippen molar-refractivity contribution in [2.75, 3.05) is 0 Å². The summed E-state index contributed by atoms with van der Waals surface area (Å²) in [6, 6.07) is 14.1. The predicted octanol–water partition coefficient (Wildman–Crippen LogP) is 5.37. The minimum absolute atomic E-state index is 0.175. The van der Waals surface area contributed by atoms with Crippen molar-refractivity contribution in [2.45, 2.75) is 41.3 Å². The summed E-state index contributed by atoms with van der Waals surface area (Å²) in [5.74, 6) is -0.175. The normalized spacial score (nSPS) is 11.1. The Bertz CT molecular complexity index is 1300. The molecular formula is C24H25N5O2. The standard InChI is InChI=1S/C24H25N5O2/c1-15-6-8-20(12-17(15)3)23-19(5)24(21-9-7-16(2)18(4)13-21)28(26-23)14-27-11-10-22(25-27)29(30)31/h6-13H,14H2,1-5H3. The monoisotopic (exact) mass is 415 g/mol. The Morgan fingerprint density at radius 2 is 1.45 bits per heavy atom. The zero-order valence-corrected chi connectivity index (χ0v) is 18.4. The van der Waals surface area contributed by atoms with Crippen molar-refractivity contribution in [2.24, 2.45) is 0 Å². The molecule has 7 nitrogen and oxygen atoms in total. The van der Waals surface area contributed by atoms with Crippen LogP contribution in [0, 0.1) is 44.7 Å². The second-order valence-corrected chi connectivity index (χ2v) is 8.03. The van der Waals surface area contributed by atoms with Gasteiger partial charge in [-0.25, -0.2) is 4.68 Å². The maximum atomic E-state index is 11.0. The van der Waals surface area contributed by atoms with Gasteiger partial charge in [-0.1, -0.05) is 24.3 Å². The van der Waals surface area contributed by atoms with E-state index in [0.29, 0.717) is 0 Å². The Kier molecular flexibility index (Phi) is 5.19. The molecule has 158 valence electrons. The van der Waals surface area contributed by atoms with Crippen LogP contribution in [0.2, 0.25) is 0 Å². The maximum Gasteiger partial charge on any atom is 0.389 e. The molecule has 0 radical (unpaired) electrons. The van der Waals surface area contributed by atoms with Gasteiger partial charge < -0.3 is 10.1 Å². The first-order chi connectivity index (χ1) is 14.7. The van der Waals surface area contributed by atoms with E-state index in [1.807, 2.05) is 4.68 Å². The van der Waals surface area contributed by atoms with E-state index in [2.05, 4.69) is 76.1 Å². The molecule has 4 rings (SSSR count). The molecule has 31 heavy (non-hydrogen) atoms. The first kappa shape index (κ1) is 20.5. The van der Waals surface area contributed by atoms with Gasteiger partial charge in [0.25, 0.3) is 0 Å². The average Bonchev–Trinajstić information content (AvgIpc) is 3.31. The number of aromatic nitrogens is 4. The van der Waals surface area contributed by atoms with Gasteiger partial charge in [-0.2, -0.15) is 9.78 Å². The van der Waals surface area contributed by atoms with Crippen LogP contribution in [0.1, 0.15) is 27.8 Å². The van der Waals surface area contributed by atoms with E-state index in [1.165, 1.54) is 28.3 Å². The zero-order valence-electron chi connectivity index (χ0n) is 18.4. The molecule has 0 aliphatic rings. The summed E-state index contributed by atoms with van der Waals surface area (Å²) in [4.78, 5) is 10.5. The molecular weight excluding hydrogens is 390 g/mol. The molecule has 0 N–H and O–H groups in total. The van der Waals surface area contributed by atoms with Crippen LogP contribution in [0.5, 0.6) is 0 Å². The van der Waals surface area contributed by atoms with Crippen LogP contribution in [-0.2, 0) is 6.67 Å². The highest BCUT2D eigenvalue weighted by molar-refractivity contribution is 5.75. The number of rotatable bonds is 5. The molecule has 4 aromatic rings. The Balaban J connectivity index is 1.87. The molecule has 0 aliphatic carbocycles. The van der Waals surface area contributed by atoms with Crippen LogP contribution in [0.25, 0.3) is 22.5 Å². The zero-order chi connectivity index (χ0) is 22.3. The summed E-state index contributed by atoms with van der Waals surface area (Å²) >= 11 is 0. The van der Waals surface area contributed by atoms with Crippen LogP contribution in [0.15, 0.2) is 48.7 Å². The van der Waals surface area contributed by atoms with Gasteiger partial charge in [-0.05, 0) is 73.9 Å². The van der Waals surface area contributed by atoms with Crippen molar-refractivity contribution in [3.63, 3.8) is 0 Å². The third-order valence-corrected chi connectivity index (χ3v) is 5.84. The van der Waals surface area contributed by atoms with Crippen molar-refractivity contribution < 1.29 is 4.92 Å². The first-order valence-corrected chi connectivity index (χ1v) is 10.1. The summed E-state index contributed by atoms with van der Waals surface area (Å²) in [6.07, 6.45) is 1.61. The van der Waals surface area contributed by atoms with E-state index in [0.717, 1.165) is 28.1 Å². The van der Waals surface area contributed by atoms with Gasteiger partial charge in [0.15, 0.2) is 6.67 Å². The predicted molar refractivity (Wildman–Crippen MR) is 121 cm³/mol. The number of nitrogens with zero attached hydrogens (tertiary/aromatic N) is 5. The maximum absolute atomic E-state index is 11.0. The Morgan fingerprint density at radius 3 is 2.03 bits per heavy atom. The third kappa shape index (κ3) is 3.86. The van der Waals surface area contributed by atoms with Crippen molar-refractivity contribution in [1.29, 1.82) is 0 Å². The lowest BCUT2D eigenvalue weighted by molar-refractivity contribution is -0.389. The summed E-state index contributed by atoms with van der Waals surface area (Å²) in [5, 5.41) is 20.0. The van der Waals surface area contributed by atoms with Gasteiger partial charge in [0, 0.05) is 16.7 Å². The molecule has 0 unspecified atom stereocenters. The van der Waals surface area contributed by atoms with Gasteiger partial charge in [0.05, 0.1) is 28.7 Å². The SMILES string of the molecule is Cc1ccc(-c2nn(Cn3ccc([N+](=O)[O-])n3)c(-c3ccc(C)c(C)c3)c2C)cc1C.